The van der Waals surface area contributed by atoms with Gasteiger partial charge in [0.15, 0.2) is 0 Å². The fraction of sp³-hybridized carbons (Fsp3) is 0.588. The van der Waals surface area contributed by atoms with Crippen molar-refractivity contribution in [2.75, 3.05) is 6.61 Å². The van der Waals surface area contributed by atoms with Crippen LogP contribution in [0.3, 0.4) is 0 Å². The van der Waals surface area contributed by atoms with Crippen molar-refractivity contribution in [3.63, 3.8) is 0 Å². The van der Waals surface area contributed by atoms with Crippen LogP contribution < -0.4 is 0 Å². The van der Waals surface area contributed by atoms with E-state index in [1.165, 1.54) is 12.5 Å². The molecule has 0 N–H and O–H groups in total. The molecular weight excluding hydrogens is 373 g/mol. The van der Waals surface area contributed by atoms with Crippen LogP contribution in [0.5, 0.6) is 0 Å². The lowest BCUT2D eigenvalue weighted by molar-refractivity contribution is -0.137. The molecule has 26 heavy (non-hydrogen) atoms. The van der Waals surface area contributed by atoms with Crippen LogP contribution in [-0.4, -0.2) is 26.5 Å². The number of rotatable bonds is 10. The summed E-state index contributed by atoms with van der Waals surface area (Å²) < 4.78 is 68.3. The van der Waals surface area contributed by atoms with Crippen molar-refractivity contribution >= 4 is 16.1 Å². The number of hydrogen-bond donors (Lipinski definition) is 0. The molecule has 150 valence electrons. The molecule has 0 amide bonds. The van der Waals surface area contributed by atoms with Gasteiger partial charge in [-0.3, -0.25) is 0 Å². The quantitative estimate of drug-likeness (QED) is 0.132. The van der Waals surface area contributed by atoms with E-state index in [1.54, 1.807) is 6.08 Å². The van der Waals surface area contributed by atoms with Gasteiger partial charge in [0.25, 0.3) is 0 Å². The Morgan fingerprint density at radius 2 is 1.62 bits per heavy atom. The third-order valence-corrected chi connectivity index (χ3v) is 4.04. The highest BCUT2D eigenvalue weighted by molar-refractivity contribution is 7.87. The number of allylic oxidation sites excluding steroid dienone is 5. The Morgan fingerprint density at radius 3 is 2.12 bits per heavy atom. The zero-order valence-corrected chi connectivity index (χ0v) is 16.2. The Kier molecular flexibility index (Phi) is 10.3. The zero-order valence-electron chi connectivity index (χ0n) is 15.4. The van der Waals surface area contributed by atoms with Gasteiger partial charge in [-0.1, -0.05) is 23.3 Å². The third-order valence-electron chi connectivity index (χ3n) is 3.04. The van der Waals surface area contributed by atoms with Crippen molar-refractivity contribution in [2.45, 2.75) is 58.9 Å². The fourth-order valence-corrected chi connectivity index (χ4v) is 2.30. The molecule has 0 saturated heterocycles. The minimum absolute atomic E-state index is 0.00198. The first-order chi connectivity index (χ1) is 11.9. The number of halogens is 3. The van der Waals surface area contributed by atoms with Gasteiger partial charge in [0.1, 0.15) is 5.76 Å². The molecule has 9 heteroatoms. The van der Waals surface area contributed by atoms with Gasteiger partial charge in [0, 0.05) is 6.42 Å². The molecule has 0 aromatic carbocycles. The van der Waals surface area contributed by atoms with E-state index >= 15 is 0 Å². The van der Waals surface area contributed by atoms with Crippen LogP contribution in [0.15, 0.2) is 35.1 Å². The summed E-state index contributed by atoms with van der Waals surface area (Å²) >= 11 is 0. The summed E-state index contributed by atoms with van der Waals surface area (Å²) in [5, 5.41) is 0. The Hall–Kier alpha value is -1.77. The molecule has 0 aromatic rings. The molecule has 0 spiro atoms. The summed E-state index contributed by atoms with van der Waals surface area (Å²) in [6, 6.07) is 0. The molecule has 0 heterocycles. The minimum atomic E-state index is -5.84. The van der Waals surface area contributed by atoms with Crippen LogP contribution >= 0.6 is 0 Å². The van der Waals surface area contributed by atoms with Crippen molar-refractivity contribution in [1.29, 1.82) is 0 Å². The highest BCUT2D eigenvalue weighted by Crippen LogP contribution is 2.28. The van der Waals surface area contributed by atoms with Crippen LogP contribution in [-0.2, 0) is 23.8 Å². The second kappa shape index (κ2) is 11.1. The molecule has 0 fully saturated rings. The van der Waals surface area contributed by atoms with Crippen LogP contribution in [0.25, 0.3) is 0 Å². The van der Waals surface area contributed by atoms with Gasteiger partial charge in [-0.05, 0) is 47.0 Å². The standard InChI is InChI=1S/C17H25F3O5S/c1-5-24-16(21)12-15(25-26(22,23)17(18,19)20)11-7-10-14(4)9-6-8-13(2)3/h8,10,12H,5-7,9,11H2,1-4H3. The third kappa shape index (κ3) is 10.3. The normalized spacial score (nSPS) is 13.3. The van der Waals surface area contributed by atoms with E-state index in [-0.39, 0.29) is 19.4 Å². The average Bonchev–Trinajstić information content (AvgIpc) is 2.45. The molecule has 0 atom stereocenters. The van der Waals surface area contributed by atoms with E-state index in [0.29, 0.717) is 6.08 Å². The largest absolute Gasteiger partial charge is 0.534 e. The van der Waals surface area contributed by atoms with Crippen molar-refractivity contribution in [1.82, 2.24) is 0 Å². The Balaban J connectivity index is 5.04. The predicted octanol–water partition coefficient (Wildman–Crippen LogP) is 4.77. The van der Waals surface area contributed by atoms with Gasteiger partial charge >= 0.3 is 21.6 Å². The molecule has 0 rings (SSSR count). The Morgan fingerprint density at radius 1 is 1.04 bits per heavy atom. The highest BCUT2D eigenvalue weighted by Gasteiger charge is 2.48. The highest BCUT2D eigenvalue weighted by atomic mass is 32.2. The van der Waals surface area contributed by atoms with Gasteiger partial charge in [-0.2, -0.15) is 21.6 Å². The maximum absolute atomic E-state index is 12.5. The molecule has 0 aliphatic rings. The first-order valence-corrected chi connectivity index (χ1v) is 9.47. The lowest BCUT2D eigenvalue weighted by Gasteiger charge is -2.12. The van der Waals surface area contributed by atoms with E-state index in [4.69, 9.17) is 0 Å². The van der Waals surface area contributed by atoms with Crippen molar-refractivity contribution < 1.29 is 35.3 Å². The number of carbonyl (C=O) groups is 1. The molecule has 0 aliphatic carbocycles. The predicted molar refractivity (Wildman–Crippen MR) is 92.4 cm³/mol. The van der Waals surface area contributed by atoms with Gasteiger partial charge in [-0.25, -0.2) is 4.79 Å². The maximum atomic E-state index is 12.5. The second-order valence-corrected chi connectivity index (χ2v) is 7.29. The van der Waals surface area contributed by atoms with Crippen LogP contribution in [0, 0.1) is 0 Å². The van der Waals surface area contributed by atoms with E-state index in [1.807, 2.05) is 20.8 Å². The van der Waals surface area contributed by atoms with E-state index in [9.17, 15) is 26.4 Å². The molecule has 5 nitrogen and oxygen atoms in total. The average molecular weight is 398 g/mol. The minimum Gasteiger partial charge on any atom is -0.463 e. The maximum Gasteiger partial charge on any atom is 0.534 e. The Labute approximate surface area is 152 Å². The summed E-state index contributed by atoms with van der Waals surface area (Å²) in [6.07, 6.45) is 6.08. The van der Waals surface area contributed by atoms with E-state index < -0.39 is 27.4 Å². The zero-order chi connectivity index (χ0) is 20.4. The summed E-state index contributed by atoms with van der Waals surface area (Å²) in [6.45, 7) is 7.32. The number of hydrogen-bond acceptors (Lipinski definition) is 5. The van der Waals surface area contributed by atoms with Gasteiger partial charge in [0.05, 0.1) is 12.7 Å². The number of carbonyl (C=O) groups excluding carboxylic acids is 1. The van der Waals surface area contributed by atoms with Gasteiger partial charge < -0.3 is 8.92 Å². The summed E-state index contributed by atoms with van der Waals surface area (Å²) in [7, 11) is -5.84. The monoisotopic (exact) mass is 398 g/mol. The van der Waals surface area contributed by atoms with Crippen molar-refractivity contribution in [3.05, 3.63) is 35.1 Å². The number of esters is 1. The van der Waals surface area contributed by atoms with E-state index in [2.05, 4.69) is 15.0 Å². The first-order valence-electron chi connectivity index (χ1n) is 8.06. The molecule has 0 bridgehead atoms. The molecule has 0 saturated carbocycles. The lowest BCUT2D eigenvalue weighted by atomic mass is 10.1. The number of alkyl halides is 3. The smallest absolute Gasteiger partial charge is 0.463 e. The molecule has 0 unspecified atom stereocenters. The van der Waals surface area contributed by atoms with Crippen LogP contribution in [0.4, 0.5) is 13.2 Å². The molecule has 0 radical (unpaired) electrons. The fourth-order valence-electron chi connectivity index (χ4n) is 1.79. The summed E-state index contributed by atoms with van der Waals surface area (Å²) in [4.78, 5) is 11.4. The van der Waals surface area contributed by atoms with Crippen molar-refractivity contribution in [2.24, 2.45) is 0 Å². The summed E-state index contributed by atoms with van der Waals surface area (Å²) in [5.74, 6) is -1.58. The lowest BCUT2D eigenvalue weighted by Crippen LogP contribution is -2.25. The number of ether oxygens (including phenoxy) is 1. The van der Waals surface area contributed by atoms with Gasteiger partial charge in [-0.15, -0.1) is 0 Å². The van der Waals surface area contributed by atoms with Crippen molar-refractivity contribution in [3.8, 4) is 0 Å². The topological polar surface area (TPSA) is 69.7 Å². The first kappa shape index (κ1) is 24.2. The summed E-state index contributed by atoms with van der Waals surface area (Å²) in [5.41, 5.74) is -3.39. The van der Waals surface area contributed by atoms with Crippen LogP contribution in [0.1, 0.15) is 53.4 Å². The SMILES string of the molecule is CCOC(=O)C=C(CCC=C(C)CCC=C(C)C)OS(=O)(=O)C(F)(F)F. The molecule has 0 aromatic heterocycles. The van der Waals surface area contributed by atoms with E-state index in [0.717, 1.165) is 18.4 Å². The molecule has 0 aliphatic heterocycles. The van der Waals surface area contributed by atoms with Crippen LogP contribution in [0.2, 0.25) is 0 Å². The second-order valence-electron chi connectivity index (χ2n) is 5.76. The Bertz CT molecular complexity index is 654. The molecular formula is C17H25F3O5S. The van der Waals surface area contributed by atoms with Gasteiger partial charge in [0.2, 0.25) is 0 Å².